The van der Waals surface area contributed by atoms with Crippen molar-refractivity contribution in [2.75, 3.05) is 18.4 Å². The molecule has 3 rings (SSSR count). The van der Waals surface area contributed by atoms with Crippen molar-refractivity contribution in [3.05, 3.63) is 51.1 Å². The van der Waals surface area contributed by atoms with Crippen molar-refractivity contribution in [2.45, 2.75) is 31.6 Å². The number of benzene rings is 1. The summed E-state index contributed by atoms with van der Waals surface area (Å²) < 4.78 is 28.2. The molecule has 0 unspecified atom stereocenters. The Morgan fingerprint density at radius 3 is 2.33 bits per heavy atom. The van der Waals surface area contributed by atoms with Crippen LogP contribution in [0.1, 0.15) is 37.0 Å². The minimum atomic E-state index is -3.56. The first-order chi connectivity index (χ1) is 14.3. The number of halogens is 1. The summed E-state index contributed by atoms with van der Waals surface area (Å²) in [5.74, 6) is -0.328. The molecule has 6 nitrogen and oxygen atoms in total. The lowest BCUT2D eigenvalue weighted by atomic mass is 10.2. The van der Waals surface area contributed by atoms with E-state index in [4.69, 9.17) is 0 Å². The number of hydrogen-bond acceptors (Lipinski definition) is 6. The smallest absolute Gasteiger partial charge is 0.257 e. The fraction of sp³-hybridized carbons (Fsp3) is 0.300. The number of hydrogen-bond donors (Lipinski definition) is 1. The number of rotatable bonds is 9. The molecular formula is C20H22BrN3O3S3. The lowest BCUT2D eigenvalue weighted by Crippen LogP contribution is -2.32. The van der Waals surface area contributed by atoms with Gasteiger partial charge in [0.15, 0.2) is 5.13 Å². The molecule has 10 heteroatoms. The first kappa shape index (κ1) is 23.1. The van der Waals surface area contributed by atoms with Crippen LogP contribution < -0.4 is 5.32 Å². The maximum absolute atomic E-state index is 12.8. The van der Waals surface area contributed by atoms with Gasteiger partial charge in [0.25, 0.3) is 5.91 Å². The van der Waals surface area contributed by atoms with Crippen molar-refractivity contribution in [3.8, 4) is 10.6 Å². The van der Waals surface area contributed by atoms with Crippen molar-refractivity contribution in [2.24, 2.45) is 0 Å². The van der Waals surface area contributed by atoms with E-state index in [1.54, 1.807) is 11.3 Å². The number of nitrogens with zero attached hydrogens (tertiary/aromatic N) is 2. The molecular weight excluding hydrogens is 506 g/mol. The van der Waals surface area contributed by atoms with Gasteiger partial charge in [0.1, 0.15) is 0 Å². The molecule has 0 spiro atoms. The van der Waals surface area contributed by atoms with Gasteiger partial charge in [-0.25, -0.2) is 13.4 Å². The predicted octanol–water partition coefficient (Wildman–Crippen LogP) is 5.70. The van der Waals surface area contributed by atoms with Crippen LogP contribution in [0.15, 0.2) is 50.5 Å². The number of aromatic nitrogens is 1. The van der Waals surface area contributed by atoms with Gasteiger partial charge in [0.2, 0.25) is 10.0 Å². The van der Waals surface area contributed by atoms with Crippen molar-refractivity contribution in [1.82, 2.24) is 9.29 Å². The second kappa shape index (κ2) is 10.1. The minimum Gasteiger partial charge on any atom is -0.298 e. The third-order valence-corrected chi connectivity index (χ3v) is 8.57. The average Bonchev–Trinajstić information content (AvgIpc) is 3.36. The fourth-order valence-corrected chi connectivity index (χ4v) is 6.59. The number of nitrogens with one attached hydrogen (secondary N) is 1. The summed E-state index contributed by atoms with van der Waals surface area (Å²) >= 11 is 6.35. The second-order valence-electron chi connectivity index (χ2n) is 6.52. The first-order valence-corrected chi connectivity index (χ1v) is 13.4. The summed E-state index contributed by atoms with van der Waals surface area (Å²) in [5, 5.41) is 5.16. The molecule has 0 atom stereocenters. The van der Waals surface area contributed by atoms with Gasteiger partial charge in [-0.05, 0) is 65.2 Å². The van der Waals surface area contributed by atoms with Crippen molar-refractivity contribution in [3.63, 3.8) is 0 Å². The molecule has 0 aliphatic heterocycles. The van der Waals surface area contributed by atoms with Crippen LogP contribution in [0, 0.1) is 0 Å². The zero-order valence-electron chi connectivity index (χ0n) is 16.6. The Balaban J connectivity index is 1.71. The van der Waals surface area contributed by atoms with Crippen LogP contribution in [-0.4, -0.2) is 36.7 Å². The van der Waals surface area contributed by atoms with Crippen LogP contribution in [0.2, 0.25) is 0 Å². The molecule has 30 heavy (non-hydrogen) atoms. The van der Waals surface area contributed by atoms with E-state index in [-0.39, 0.29) is 10.8 Å². The monoisotopic (exact) mass is 527 g/mol. The molecule has 0 aliphatic carbocycles. The highest BCUT2D eigenvalue weighted by Gasteiger charge is 2.23. The van der Waals surface area contributed by atoms with Gasteiger partial charge in [-0.2, -0.15) is 4.31 Å². The van der Waals surface area contributed by atoms with Crippen molar-refractivity contribution >= 4 is 59.7 Å². The molecule has 0 bridgehead atoms. The zero-order valence-corrected chi connectivity index (χ0v) is 20.6. The molecule has 3 aromatic rings. The number of amides is 1. The SMILES string of the molecule is CCCN(CCC)S(=O)(=O)c1ccc(C(=O)Nc2nc(-c3ccc(Br)s3)cs2)cc1. The van der Waals surface area contributed by atoms with E-state index in [1.165, 1.54) is 39.9 Å². The molecule has 2 aromatic heterocycles. The molecule has 0 radical (unpaired) electrons. The van der Waals surface area contributed by atoms with Gasteiger partial charge in [-0.1, -0.05) is 13.8 Å². The van der Waals surface area contributed by atoms with Gasteiger partial charge in [0.05, 0.1) is 19.3 Å². The van der Waals surface area contributed by atoms with Crippen molar-refractivity contribution in [1.29, 1.82) is 0 Å². The maximum atomic E-state index is 12.8. The van der Waals surface area contributed by atoms with E-state index in [0.717, 1.165) is 27.2 Å². The molecule has 1 N–H and O–H groups in total. The number of thiazole rings is 1. The summed E-state index contributed by atoms with van der Waals surface area (Å²) in [7, 11) is -3.56. The number of anilines is 1. The lowest BCUT2D eigenvalue weighted by molar-refractivity contribution is 0.102. The normalized spacial score (nSPS) is 11.7. The average molecular weight is 529 g/mol. The molecule has 0 fully saturated rings. The summed E-state index contributed by atoms with van der Waals surface area (Å²) in [5.41, 5.74) is 1.18. The summed E-state index contributed by atoms with van der Waals surface area (Å²) in [6, 6.07) is 9.95. The van der Waals surface area contributed by atoms with Crippen LogP contribution in [0.5, 0.6) is 0 Å². The van der Waals surface area contributed by atoms with Gasteiger partial charge in [0, 0.05) is 24.0 Å². The van der Waals surface area contributed by atoms with Crippen LogP contribution in [0.3, 0.4) is 0 Å². The summed E-state index contributed by atoms with van der Waals surface area (Å²) in [6.07, 6.45) is 1.50. The minimum absolute atomic E-state index is 0.195. The number of carbonyl (C=O) groups excluding carboxylic acids is 1. The Kier molecular flexibility index (Phi) is 7.81. The van der Waals surface area contributed by atoms with E-state index in [1.807, 2.05) is 31.4 Å². The Labute approximate surface area is 193 Å². The van der Waals surface area contributed by atoms with Gasteiger partial charge >= 0.3 is 0 Å². The molecule has 1 amide bonds. The standard InChI is InChI=1S/C20H22BrN3O3S3/c1-3-11-24(12-4-2)30(26,27)15-7-5-14(6-8-15)19(25)23-20-22-16(13-28-20)17-9-10-18(21)29-17/h5-10,13H,3-4,11-12H2,1-2H3,(H,22,23,25). The van der Waals surface area contributed by atoms with Gasteiger partial charge in [-0.3, -0.25) is 10.1 Å². The molecule has 1 aromatic carbocycles. The number of thiophene rings is 1. The largest absolute Gasteiger partial charge is 0.298 e. The zero-order chi connectivity index (χ0) is 21.7. The lowest BCUT2D eigenvalue weighted by Gasteiger charge is -2.21. The van der Waals surface area contributed by atoms with Crippen LogP contribution >= 0.6 is 38.6 Å². The Bertz CT molecular complexity index is 1100. The predicted molar refractivity (Wildman–Crippen MR) is 127 cm³/mol. The molecule has 160 valence electrons. The fourth-order valence-electron chi connectivity index (χ4n) is 2.84. The summed E-state index contributed by atoms with van der Waals surface area (Å²) in [4.78, 5) is 18.2. The van der Waals surface area contributed by atoms with E-state index in [2.05, 4.69) is 26.2 Å². The number of carbonyl (C=O) groups is 1. The quantitative estimate of drug-likeness (QED) is 0.387. The van der Waals surface area contributed by atoms with E-state index in [9.17, 15) is 13.2 Å². The summed E-state index contributed by atoms with van der Waals surface area (Å²) in [6.45, 7) is 4.86. The number of sulfonamides is 1. The van der Waals surface area contributed by atoms with Gasteiger partial charge < -0.3 is 0 Å². The third-order valence-electron chi connectivity index (χ3n) is 4.25. The van der Waals surface area contributed by atoms with Crippen LogP contribution in [0.25, 0.3) is 10.6 Å². The molecule has 0 saturated carbocycles. The van der Waals surface area contributed by atoms with Crippen molar-refractivity contribution < 1.29 is 13.2 Å². The van der Waals surface area contributed by atoms with Gasteiger partial charge in [-0.15, -0.1) is 22.7 Å². The molecule has 0 saturated heterocycles. The van der Waals surface area contributed by atoms with Crippen LogP contribution in [0.4, 0.5) is 5.13 Å². The van der Waals surface area contributed by atoms with E-state index in [0.29, 0.717) is 23.8 Å². The highest BCUT2D eigenvalue weighted by Crippen LogP contribution is 2.33. The van der Waals surface area contributed by atoms with Crippen LogP contribution in [-0.2, 0) is 10.0 Å². The third kappa shape index (κ3) is 5.36. The first-order valence-electron chi connectivity index (χ1n) is 9.48. The molecule has 2 heterocycles. The Hall–Kier alpha value is -1.59. The van der Waals surface area contributed by atoms with E-state index < -0.39 is 10.0 Å². The maximum Gasteiger partial charge on any atom is 0.257 e. The second-order valence-corrected chi connectivity index (χ2v) is 11.8. The highest BCUT2D eigenvalue weighted by molar-refractivity contribution is 9.11. The Morgan fingerprint density at radius 2 is 1.77 bits per heavy atom. The van der Waals surface area contributed by atoms with E-state index >= 15 is 0 Å². The topological polar surface area (TPSA) is 79.4 Å². The Morgan fingerprint density at radius 1 is 1.10 bits per heavy atom. The molecule has 0 aliphatic rings. The highest BCUT2D eigenvalue weighted by atomic mass is 79.9.